The van der Waals surface area contributed by atoms with Crippen LogP contribution in [0.5, 0.6) is 11.5 Å². The van der Waals surface area contributed by atoms with E-state index in [9.17, 15) is 14.4 Å². The Morgan fingerprint density at radius 1 is 1.00 bits per heavy atom. The van der Waals surface area contributed by atoms with Gasteiger partial charge in [-0.05, 0) is 88.2 Å². The lowest BCUT2D eigenvalue weighted by Crippen LogP contribution is -2.54. The minimum absolute atomic E-state index is 0.157. The van der Waals surface area contributed by atoms with Gasteiger partial charge in [0.15, 0.2) is 11.5 Å². The Morgan fingerprint density at radius 2 is 1.67 bits per heavy atom. The van der Waals surface area contributed by atoms with Crippen LogP contribution in [0.4, 0.5) is 10.5 Å². The molecule has 1 aliphatic heterocycles. The van der Waals surface area contributed by atoms with Crippen molar-refractivity contribution in [2.45, 2.75) is 20.0 Å². The van der Waals surface area contributed by atoms with Crippen molar-refractivity contribution < 1.29 is 23.9 Å². The molecule has 36 heavy (non-hydrogen) atoms. The molecule has 0 aliphatic carbocycles. The number of ether oxygens (including phenoxy) is 2. The summed E-state index contributed by atoms with van der Waals surface area (Å²) in [6, 6.07) is 17.5. The summed E-state index contributed by atoms with van der Waals surface area (Å²) in [4.78, 5) is 39.2. The van der Waals surface area contributed by atoms with Crippen molar-refractivity contribution in [3.63, 3.8) is 0 Å². The van der Waals surface area contributed by atoms with Gasteiger partial charge in [0.25, 0.3) is 11.8 Å². The Bertz CT molecular complexity index is 1350. The second-order valence-corrected chi connectivity index (χ2v) is 10.0. The first-order valence-corrected chi connectivity index (χ1v) is 12.9. The normalized spacial score (nSPS) is 14.7. The number of hydrogen-bond acceptors (Lipinski definition) is 5. The molecule has 3 aromatic carbocycles. The number of barbiturate groups is 1. The van der Waals surface area contributed by atoms with Crippen LogP contribution in [0.1, 0.15) is 23.6 Å². The molecule has 1 heterocycles. The number of rotatable bonds is 7. The molecule has 0 spiro atoms. The highest BCUT2D eigenvalue weighted by atomic mass is 127. The van der Waals surface area contributed by atoms with Crippen LogP contribution in [0.2, 0.25) is 0 Å². The lowest BCUT2D eigenvalue weighted by Gasteiger charge is -2.26. The third-order valence-electron chi connectivity index (χ3n) is 5.56. The number of amides is 4. The zero-order valence-electron chi connectivity index (χ0n) is 19.5. The van der Waals surface area contributed by atoms with E-state index in [1.807, 2.05) is 43.3 Å². The minimum Gasteiger partial charge on any atom is -0.493 e. The van der Waals surface area contributed by atoms with Crippen LogP contribution in [0.3, 0.4) is 0 Å². The first kappa shape index (κ1) is 25.9. The SMILES string of the molecule is CCc1ccc(N2C(=O)NC(=O)/C(=C/c3cc(I)c(OCc4ccc(Br)cc4)c(OC)c3)C2=O)cc1. The van der Waals surface area contributed by atoms with E-state index in [2.05, 4.69) is 43.8 Å². The van der Waals surface area contributed by atoms with Gasteiger partial charge in [0.05, 0.1) is 16.4 Å². The molecule has 1 N–H and O–H groups in total. The van der Waals surface area contributed by atoms with Crippen molar-refractivity contribution in [3.8, 4) is 11.5 Å². The number of anilines is 1. The maximum absolute atomic E-state index is 13.2. The van der Waals surface area contributed by atoms with Crippen LogP contribution in [0.15, 0.2) is 70.7 Å². The zero-order valence-corrected chi connectivity index (χ0v) is 23.3. The number of benzene rings is 3. The van der Waals surface area contributed by atoms with E-state index in [1.54, 1.807) is 24.3 Å². The van der Waals surface area contributed by atoms with Gasteiger partial charge in [-0.25, -0.2) is 9.69 Å². The van der Waals surface area contributed by atoms with Crippen molar-refractivity contribution in [2.24, 2.45) is 0 Å². The highest BCUT2D eigenvalue weighted by Gasteiger charge is 2.36. The van der Waals surface area contributed by atoms with E-state index < -0.39 is 17.8 Å². The number of halogens is 2. The summed E-state index contributed by atoms with van der Waals surface area (Å²) in [5, 5.41) is 2.25. The minimum atomic E-state index is -0.782. The number of nitrogens with one attached hydrogen (secondary N) is 1. The van der Waals surface area contributed by atoms with E-state index in [1.165, 1.54) is 13.2 Å². The Balaban J connectivity index is 1.62. The lowest BCUT2D eigenvalue weighted by atomic mass is 10.1. The molecule has 4 amide bonds. The summed E-state index contributed by atoms with van der Waals surface area (Å²) in [6.45, 7) is 2.36. The third-order valence-corrected chi connectivity index (χ3v) is 6.89. The molecular weight excluding hydrogens is 639 g/mol. The predicted octanol–water partition coefficient (Wildman–Crippen LogP) is 5.87. The molecule has 184 valence electrons. The average Bonchev–Trinajstić information content (AvgIpc) is 2.87. The van der Waals surface area contributed by atoms with Gasteiger partial charge in [-0.3, -0.25) is 14.9 Å². The molecule has 1 saturated heterocycles. The number of hydrogen-bond donors (Lipinski definition) is 1. The van der Waals surface area contributed by atoms with Crippen LogP contribution in [-0.2, 0) is 22.6 Å². The zero-order chi connectivity index (χ0) is 25.8. The number of nitrogens with zero attached hydrogens (tertiary/aromatic N) is 1. The van der Waals surface area contributed by atoms with Gasteiger partial charge in [-0.15, -0.1) is 0 Å². The summed E-state index contributed by atoms with van der Waals surface area (Å²) in [6.07, 6.45) is 2.27. The predicted molar refractivity (Wildman–Crippen MR) is 149 cm³/mol. The van der Waals surface area contributed by atoms with Crippen LogP contribution in [0, 0.1) is 3.57 Å². The van der Waals surface area contributed by atoms with Crippen molar-refractivity contribution in [2.75, 3.05) is 12.0 Å². The standard InChI is InChI=1S/C27H22BrIN2O5/c1-3-16-6-10-20(11-7-16)31-26(33)21(25(32)30-27(31)34)12-18-13-22(29)24(23(14-18)35-2)36-15-17-4-8-19(28)9-5-17/h4-14H,3,15H2,1-2H3,(H,30,32,34)/b21-12-. The molecule has 1 fully saturated rings. The Morgan fingerprint density at radius 3 is 2.31 bits per heavy atom. The average molecular weight is 661 g/mol. The molecular formula is C27H22BrIN2O5. The topological polar surface area (TPSA) is 84.9 Å². The summed E-state index contributed by atoms with van der Waals surface area (Å²) >= 11 is 5.54. The third kappa shape index (κ3) is 5.62. The number of carbonyl (C=O) groups excluding carboxylic acids is 3. The van der Waals surface area contributed by atoms with Crippen LogP contribution < -0.4 is 19.7 Å². The summed E-state index contributed by atoms with van der Waals surface area (Å²) in [5.41, 5.74) is 2.84. The molecule has 0 radical (unpaired) electrons. The van der Waals surface area contributed by atoms with E-state index in [4.69, 9.17) is 9.47 Å². The number of urea groups is 1. The second kappa shape index (κ2) is 11.3. The van der Waals surface area contributed by atoms with E-state index in [0.29, 0.717) is 29.4 Å². The van der Waals surface area contributed by atoms with Gasteiger partial charge in [-0.2, -0.15) is 0 Å². The van der Waals surface area contributed by atoms with Gasteiger partial charge in [0.2, 0.25) is 0 Å². The first-order valence-electron chi connectivity index (χ1n) is 11.1. The second-order valence-electron chi connectivity index (χ2n) is 7.93. The van der Waals surface area contributed by atoms with Crippen molar-refractivity contribution in [3.05, 3.63) is 91.0 Å². The van der Waals surface area contributed by atoms with E-state index >= 15 is 0 Å². The molecule has 0 aromatic heterocycles. The Kier molecular flexibility index (Phi) is 8.10. The van der Waals surface area contributed by atoms with Crippen LogP contribution in [-0.4, -0.2) is 25.0 Å². The fraction of sp³-hybridized carbons (Fsp3) is 0.148. The van der Waals surface area contributed by atoms with Gasteiger partial charge in [0.1, 0.15) is 12.2 Å². The van der Waals surface area contributed by atoms with Gasteiger partial charge in [0, 0.05) is 4.47 Å². The number of imide groups is 2. The van der Waals surface area contributed by atoms with Crippen LogP contribution in [0.25, 0.3) is 6.08 Å². The highest BCUT2D eigenvalue weighted by Crippen LogP contribution is 2.35. The molecule has 9 heteroatoms. The lowest BCUT2D eigenvalue weighted by molar-refractivity contribution is -0.122. The molecule has 1 aliphatic rings. The molecule has 3 aromatic rings. The smallest absolute Gasteiger partial charge is 0.335 e. The van der Waals surface area contributed by atoms with Gasteiger partial charge >= 0.3 is 6.03 Å². The summed E-state index contributed by atoms with van der Waals surface area (Å²) < 4.78 is 13.3. The van der Waals surface area contributed by atoms with E-state index in [-0.39, 0.29) is 5.57 Å². The molecule has 7 nitrogen and oxygen atoms in total. The largest absolute Gasteiger partial charge is 0.493 e. The maximum atomic E-state index is 13.2. The van der Waals surface area contributed by atoms with Crippen molar-refractivity contribution in [1.82, 2.24) is 5.32 Å². The monoisotopic (exact) mass is 660 g/mol. The Hall–Kier alpha value is -3.18. The molecule has 0 atom stereocenters. The number of methoxy groups -OCH3 is 1. The molecule has 0 bridgehead atoms. The van der Waals surface area contributed by atoms with Crippen molar-refractivity contribution >= 4 is 68.1 Å². The Labute approximate surface area is 230 Å². The maximum Gasteiger partial charge on any atom is 0.335 e. The van der Waals surface area contributed by atoms with Gasteiger partial charge < -0.3 is 9.47 Å². The quantitative estimate of drug-likeness (QED) is 0.195. The number of aryl methyl sites for hydroxylation is 1. The van der Waals surface area contributed by atoms with E-state index in [0.717, 1.165) is 30.5 Å². The van der Waals surface area contributed by atoms with Crippen LogP contribution >= 0.6 is 38.5 Å². The number of carbonyl (C=O) groups is 3. The highest BCUT2D eigenvalue weighted by molar-refractivity contribution is 14.1. The van der Waals surface area contributed by atoms with Crippen molar-refractivity contribution in [1.29, 1.82) is 0 Å². The van der Waals surface area contributed by atoms with Gasteiger partial charge in [-0.1, -0.05) is 47.1 Å². The fourth-order valence-corrected chi connectivity index (χ4v) is 4.68. The summed E-state index contributed by atoms with van der Waals surface area (Å²) in [7, 11) is 1.52. The first-order chi connectivity index (χ1) is 17.3. The molecule has 4 rings (SSSR count). The fourth-order valence-electron chi connectivity index (χ4n) is 3.64. The summed E-state index contributed by atoms with van der Waals surface area (Å²) in [5.74, 6) is -0.443. The molecule has 0 unspecified atom stereocenters. The molecule has 0 saturated carbocycles.